The lowest BCUT2D eigenvalue weighted by molar-refractivity contribution is -0.114. The Morgan fingerprint density at radius 2 is 2.05 bits per heavy atom. The van der Waals surface area contributed by atoms with Crippen LogP contribution in [0.5, 0.6) is 5.75 Å². The van der Waals surface area contributed by atoms with Crippen molar-refractivity contribution in [3.8, 4) is 28.1 Å². The summed E-state index contributed by atoms with van der Waals surface area (Å²) in [6, 6.07) is 9.51. The highest BCUT2D eigenvalue weighted by Gasteiger charge is 2.24. The molecule has 3 aromatic heterocycles. The second-order valence-electron chi connectivity index (χ2n) is 7.75. The molecule has 200 valence electrons. The summed E-state index contributed by atoms with van der Waals surface area (Å²) in [5, 5.41) is 37.0. The first-order chi connectivity index (χ1) is 18.9. The van der Waals surface area contributed by atoms with E-state index in [2.05, 4.69) is 25.9 Å². The van der Waals surface area contributed by atoms with Crippen molar-refractivity contribution in [3.63, 3.8) is 0 Å². The fourth-order valence-corrected chi connectivity index (χ4v) is 4.24. The SMILES string of the molecule is COCCOc1c(-c2c(C#N)cccc2CO)cc(C(=O)Nc2nnc(-n3nccc3NC(C)=O)s2)oc1=O. The molecule has 0 radical (unpaired) electrons. The van der Waals surface area contributed by atoms with E-state index >= 15 is 0 Å². The molecule has 4 aromatic rings. The summed E-state index contributed by atoms with van der Waals surface area (Å²) < 4.78 is 17.1. The molecule has 39 heavy (non-hydrogen) atoms. The molecule has 0 saturated carbocycles. The van der Waals surface area contributed by atoms with Crippen LogP contribution in [0.25, 0.3) is 16.3 Å². The molecule has 0 saturated heterocycles. The van der Waals surface area contributed by atoms with Crippen LogP contribution in [-0.4, -0.2) is 57.2 Å². The quantitative estimate of drug-likeness (QED) is 0.244. The normalized spacial score (nSPS) is 10.6. The molecule has 0 unspecified atom stereocenters. The Morgan fingerprint density at radius 1 is 1.23 bits per heavy atom. The van der Waals surface area contributed by atoms with Crippen LogP contribution >= 0.6 is 11.3 Å². The molecule has 0 atom stereocenters. The fraction of sp³-hybridized carbons (Fsp3) is 0.208. The lowest BCUT2D eigenvalue weighted by Crippen LogP contribution is -2.18. The number of methoxy groups -OCH3 is 1. The Morgan fingerprint density at radius 3 is 2.77 bits per heavy atom. The van der Waals surface area contributed by atoms with E-state index in [1.165, 1.54) is 37.0 Å². The molecular formula is C24H21N7O7S. The predicted molar refractivity (Wildman–Crippen MR) is 138 cm³/mol. The molecule has 0 spiro atoms. The maximum absolute atomic E-state index is 13.1. The Kier molecular flexibility index (Phi) is 8.41. The van der Waals surface area contributed by atoms with E-state index in [1.807, 2.05) is 6.07 Å². The van der Waals surface area contributed by atoms with E-state index in [9.17, 15) is 24.8 Å². The van der Waals surface area contributed by atoms with Gasteiger partial charge in [-0.05, 0) is 17.7 Å². The highest BCUT2D eigenvalue weighted by molar-refractivity contribution is 7.17. The average molecular weight is 552 g/mol. The van der Waals surface area contributed by atoms with Crippen molar-refractivity contribution in [2.75, 3.05) is 31.0 Å². The smallest absolute Gasteiger partial charge is 0.379 e. The molecule has 3 heterocycles. The van der Waals surface area contributed by atoms with Gasteiger partial charge in [0, 0.05) is 31.2 Å². The van der Waals surface area contributed by atoms with Crippen LogP contribution < -0.4 is 21.0 Å². The zero-order chi connectivity index (χ0) is 27.9. The molecular weight excluding hydrogens is 530 g/mol. The van der Waals surface area contributed by atoms with Crippen LogP contribution in [0, 0.1) is 11.3 Å². The maximum atomic E-state index is 13.1. The third kappa shape index (κ3) is 5.99. The minimum Gasteiger partial charge on any atom is -0.484 e. The van der Waals surface area contributed by atoms with Gasteiger partial charge in [-0.2, -0.15) is 15.0 Å². The van der Waals surface area contributed by atoms with Crippen molar-refractivity contribution < 1.29 is 28.6 Å². The zero-order valence-electron chi connectivity index (χ0n) is 20.6. The molecule has 2 amide bonds. The molecule has 4 rings (SSSR count). The van der Waals surface area contributed by atoms with Crippen LogP contribution in [0.15, 0.2) is 45.7 Å². The molecule has 0 fully saturated rings. The van der Waals surface area contributed by atoms with Gasteiger partial charge >= 0.3 is 5.63 Å². The van der Waals surface area contributed by atoms with Gasteiger partial charge in [-0.1, -0.05) is 23.5 Å². The summed E-state index contributed by atoms with van der Waals surface area (Å²) in [6.07, 6.45) is 1.46. The minimum absolute atomic E-state index is 0.00948. The van der Waals surface area contributed by atoms with E-state index < -0.39 is 23.9 Å². The molecule has 0 bridgehead atoms. The largest absolute Gasteiger partial charge is 0.484 e. The number of nitrogens with zero attached hydrogens (tertiary/aromatic N) is 5. The van der Waals surface area contributed by atoms with Gasteiger partial charge < -0.3 is 24.3 Å². The van der Waals surface area contributed by atoms with Gasteiger partial charge in [0.25, 0.3) is 5.91 Å². The maximum Gasteiger partial charge on any atom is 0.379 e. The van der Waals surface area contributed by atoms with Gasteiger partial charge in [0.15, 0.2) is 5.76 Å². The Bertz CT molecular complexity index is 1620. The lowest BCUT2D eigenvalue weighted by Gasteiger charge is -2.15. The average Bonchev–Trinajstić information content (AvgIpc) is 3.57. The number of hydrogen-bond acceptors (Lipinski definition) is 12. The number of benzene rings is 1. The highest BCUT2D eigenvalue weighted by atomic mass is 32.1. The first-order valence-corrected chi connectivity index (χ1v) is 12.1. The number of anilines is 2. The van der Waals surface area contributed by atoms with E-state index in [0.29, 0.717) is 11.4 Å². The Hall–Kier alpha value is -4.91. The summed E-state index contributed by atoms with van der Waals surface area (Å²) >= 11 is 0.949. The van der Waals surface area contributed by atoms with E-state index in [-0.39, 0.29) is 51.8 Å². The van der Waals surface area contributed by atoms with Crippen LogP contribution in [-0.2, 0) is 16.1 Å². The second kappa shape index (κ2) is 12.1. The van der Waals surface area contributed by atoms with Gasteiger partial charge in [-0.25, -0.2) is 4.79 Å². The van der Waals surface area contributed by atoms with Crippen molar-refractivity contribution in [3.05, 3.63) is 63.8 Å². The zero-order valence-corrected chi connectivity index (χ0v) is 21.4. The second-order valence-corrected chi connectivity index (χ2v) is 8.70. The monoisotopic (exact) mass is 551 g/mol. The van der Waals surface area contributed by atoms with Gasteiger partial charge in [0.2, 0.25) is 21.9 Å². The summed E-state index contributed by atoms with van der Waals surface area (Å²) in [5.74, 6) is -1.43. The van der Waals surface area contributed by atoms with Crippen molar-refractivity contribution in [2.45, 2.75) is 13.5 Å². The van der Waals surface area contributed by atoms with E-state index in [4.69, 9.17) is 13.9 Å². The molecule has 1 aromatic carbocycles. The number of amides is 2. The van der Waals surface area contributed by atoms with Crippen molar-refractivity contribution in [1.29, 1.82) is 5.26 Å². The van der Waals surface area contributed by atoms with Crippen LogP contribution in [0.4, 0.5) is 10.9 Å². The highest BCUT2D eigenvalue weighted by Crippen LogP contribution is 2.34. The number of rotatable bonds is 10. The van der Waals surface area contributed by atoms with Gasteiger partial charge in [0.05, 0.1) is 31.0 Å². The first kappa shape index (κ1) is 27.1. The summed E-state index contributed by atoms with van der Waals surface area (Å²) in [4.78, 5) is 37.4. The molecule has 15 heteroatoms. The number of hydrogen-bond donors (Lipinski definition) is 3. The third-order valence-electron chi connectivity index (χ3n) is 5.14. The van der Waals surface area contributed by atoms with Crippen molar-refractivity contribution in [2.24, 2.45) is 0 Å². The number of nitrogens with one attached hydrogen (secondary N) is 2. The number of aliphatic hydroxyl groups is 1. The van der Waals surface area contributed by atoms with E-state index in [0.717, 1.165) is 11.3 Å². The lowest BCUT2D eigenvalue weighted by atomic mass is 9.94. The predicted octanol–water partition coefficient (Wildman–Crippen LogP) is 1.94. The topological polar surface area (TPSA) is 194 Å². The number of aromatic nitrogens is 4. The molecule has 0 aliphatic rings. The standard InChI is InChI=1S/C24H21N7O7S/c1-13(33)27-18-6-7-26-31(18)24-30-29-23(39-24)28-21(34)17-10-16(20(22(35)38-17)37-9-8-36-2)19-14(11-25)4-3-5-15(19)12-32/h3-7,10,32H,8-9,12H2,1-2H3,(H,27,33)(H,28,29,34). The number of carbonyl (C=O) groups excluding carboxylic acids is 2. The third-order valence-corrected chi connectivity index (χ3v) is 5.95. The summed E-state index contributed by atoms with van der Waals surface area (Å²) in [5.41, 5.74) is -0.175. The minimum atomic E-state index is -0.972. The van der Waals surface area contributed by atoms with Crippen LogP contribution in [0.3, 0.4) is 0 Å². The Balaban J connectivity index is 1.70. The van der Waals surface area contributed by atoms with Crippen LogP contribution in [0.1, 0.15) is 28.6 Å². The molecule has 0 aliphatic carbocycles. The fourth-order valence-electron chi connectivity index (χ4n) is 3.53. The number of nitriles is 1. The number of carbonyl (C=O) groups is 2. The van der Waals surface area contributed by atoms with Crippen molar-refractivity contribution >= 4 is 34.1 Å². The number of aliphatic hydroxyl groups excluding tert-OH is 1. The van der Waals surface area contributed by atoms with Gasteiger partial charge in [-0.3, -0.25) is 14.9 Å². The summed E-state index contributed by atoms with van der Waals surface area (Å²) in [6.45, 7) is 1.06. The molecule has 14 nitrogen and oxygen atoms in total. The van der Waals surface area contributed by atoms with Gasteiger partial charge in [-0.15, -0.1) is 10.2 Å². The van der Waals surface area contributed by atoms with Crippen molar-refractivity contribution in [1.82, 2.24) is 20.0 Å². The van der Waals surface area contributed by atoms with Crippen LogP contribution in [0.2, 0.25) is 0 Å². The molecule has 0 aliphatic heterocycles. The van der Waals surface area contributed by atoms with E-state index in [1.54, 1.807) is 18.2 Å². The number of ether oxygens (including phenoxy) is 2. The molecule has 3 N–H and O–H groups in total. The summed E-state index contributed by atoms with van der Waals surface area (Å²) in [7, 11) is 1.46. The first-order valence-electron chi connectivity index (χ1n) is 11.3. The Labute approximate surface area is 224 Å². The van der Waals surface area contributed by atoms with Gasteiger partial charge in [0.1, 0.15) is 12.4 Å².